The van der Waals surface area contributed by atoms with Crippen molar-refractivity contribution >= 4 is 6.09 Å². The van der Waals surface area contributed by atoms with Crippen LogP contribution in [0.2, 0.25) is 0 Å². The molecule has 0 aliphatic carbocycles. The summed E-state index contributed by atoms with van der Waals surface area (Å²) in [6.45, 7) is 11.6. The smallest absolute Gasteiger partial charge is 0.410 e. The van der Waals surface area contributed by atoms with E-state index in [2.05, 4.69) is 0 Å². The minimum Gasteiger partial charge on any atom is -0.444 e. The number of nitrogens with zero attached hydrogens (tertiary/aromatic N) is 1. The maximum Gasteiger partial charge on any atom is 0.410 e. The van der Waals surface area contributed by atoms with Crippen molar-refractivity contribution in [3.05, 3.63) is 0 Å². The fourth-order valence-electron chi connectivity index (χ4n) is 1.29. The van der Waals surface area contributed by atoms with Gasteiger partial charge in [-0.3, -0.25) is 0 Å². The Morgan fingerprint density at radius 1 is 1.29 bits per heavy atom. The molecule has 0 fully saturated rings. The second-order valence-electron chi connectivity index (χ2n) is 6.47. The van der Waals surface area contributed by atoms with Gasteiger partial charge in [0.1, 0.15) is 5.60 Å². The zero-order valence-electron chi connectivity index (χ0n) is 12.3. The summed E-state index contributed by atoms with van der Waals surface area (Å²) in [4.78, 5) is 13.4. The molecule has 1 unspecified atom stereocenters. The van der Waals surface area contributed by atoms with E-state index in [1.807, 2.05) is 41.5 Å². The second kappa shape index (κ2) is 5.71. The predicted octanol–water partition coefficient (Wildman–Crippen LogP) is 2.76. The zero-order chi connectivity index (χ0) is 13.9. The quantitative estimate of drug-likeness (QED) is 0.827. The molecule has 0 aromatic carbocycles. The monoisotopic (exact) mass is 244 g/mol. The van der Waals surface area contributed by atoms with E-state index >= 15 is 0 Å². The molecular weight excluding hydrogens is 216 g/mol. The van der Waals surface area contributed by atoms with Crippen molar-refractivity contribution in [3.8, 4) is 0 Å². The van der Waals surface area contributed by atoms with Crippen molar-refractivity contribution in [1.82, 2.24) is 4.90 Å². The van der Waals surface area contributed by atoms with Crippen LogP contribution < -0.4 is 5.73 Å². The molecule has 1 amide bonds. The van der Waals surface area contributed by atoms with E-state index in [4.69, 9.17) is 10.5 Å². The standard InChI is InChI=1S/C13H28N2O2/c1-10(8-9-13(5,6)14)15(7)11(16)17-12(2,3)4/h10H,8-9,14H2,1-7H3. The van der Waals surface area contributed by atoms with Gasteiger partial charge in [0.2, 0.25) is 0 Å². The summed E-state index contributed by atoms with van der Waals surface area (Å²) in [5, 5.41) is 0. The molecule has 0 aliphatic heterocycles. The summed E-state index contributed by atoms with van der Waals surface area (Å²) in [6.07, 6.45) is 1.47. The van der Waals surface area contributed by atoms with Crippen molar-refractivity contribution in [2.24, 2.45) is 5.73 Å². The lowest BCUT2D eigenvalue weighted by Crippen LogP contribution is -2.41. The molecule has 0 heterocycles. The number of carbonyl (C=O) groups is 1. The number of rotatable bonds is 4. The molecule has 102 valence electrons. The predicted molar refractivity (Wildman–Crippen MR) is 71.0 cm³/mol. The van der Waals surface area contributed by atoms with Crippen LogP contribution in [-0.4, -0.2) is 35.2 Å². The van der Waals surface area contributed by atoms with Crippen LogP contribution in [0.5, 0.6) is 0 Å². The van der Waals surface area contributed by atoms with Crippen LogP contribution in [0.4, 0.5) is 4.79 Å². The highest BCUT2D eigenvalue weighted by atomic mass is 16.6. The Bertz CT molecular complexity index is 251. The van der Waals surface area contributed by atoms with Gasteiger partial charge in [-0.15, -0.1) is 0 Å². The minimum absolute atomic E-state index is 0.132. The van der Waals surface area contributed by atoms with Crippen LogP contribution in [0.15, 0.2) is 0 Å². The molecule has 1 atom stereocenters. The fraction of sp³-hybridized carbons (Fsp3) is 0.923. The first-order valence-electron chi connectivity index (χ1n) is 6.17. The van der Waals surface area contributed by atoms with Crippen LogP contribution in [0, 0.1) is 0 Å². The highest BCUT2D eigenvalue weighted by molar-refractivity contribution is 5.68. The number of ether oxygens (including phenoxy) is 1. The normalized spacial score (nSPS) is 14.4. The number of nitrogens with two attached hydrogens (primary N) is 1. The number of hydrogen-bond acceptors (Lipinski definition) is 3. The first-order chi connectivity index (χ1) is 7.42. The first kappa shape index (κ1) is 16.2. The summed E-state index contributed by atoms with van der Waals surface area (Å²) in [7, 11) is 1.77. The fourth-order valence-corrected chi connectivity index (χ4v) is 1.29. The summed E-state index contributed by atoms with van der Waals surface area (Å²) in [5.74, 6) is 0. The van der Waals surface area contributed by atoms with E-state index in [0.717, 1.165) is 12.8 Å². The van der Waals surface area contributed by atoms with Crippen LogP contribution in [0.1, 0.15) is 54.4 Å². The molecular formula is C13H28N2O2. The third-order valence-corrected chi connectivity index (χ3v) is 2.55. The molecule has 0 rings (SSSR count). The van der Waals surface area contributed by atoms with Gasteiger partial charge in [-0.1, -0.05) is 0 Å². The van der Waals surface area contributed by atoms with Crippen LogP contribution in [0.25, 0.3) is 0 Å². The Balaban J connectivity index is 4.21. The molecule has 0 radical (unpaired) electrons. The largest absolute Gasteiger partial charge is 0.444 e. The summed E-state index contributed by atoms with van der Waals surface area (Å²) in [6, 6.07) is 0.132. The van der Waals surface area contributed by atoms with Gasteiger partial charge >= 0.3 is 6.09 Å². The summed E-state index contributed by atoms with van der Waals surface area (Å²) < 4.78 is 5.31. The lowest BCUT2D eigenvalue weighted by atomic mass is 9.97. The van der Waals surface area contributed by atoms with Gasteiger partial charge in [0.05, 0.1) is 0 Å². The highest BCUT2D eigenvalue weighted by Gasteiger charge is 2.23. The maximum absolute atomic E-state index is 11.8. The van der Waals surface area contributed by atoms with Gasteiger partial charge in [0, 0.05) is 18.6 Å². The molecule has 0 aromatic rings. The first-order valence-corrected chi connectivity index (χ1v) is 6.17. The van der Waals surface area contributed by atoms with Gasteiger partial charge in [0.25, 0.3) is 0 Å². The van der Waals surface area contributed by atoms with Gasteiger partial charge < -0.3 is 15.4 Å². The Morgan fingerprint density at radius 2 is 1.76 bits per heavy atom. The number of carbonyl (C=O) groups excluding carboxylic acids is 1. The molecule has 4 nitrogen and oxygen atoms in total. The molecule has 2 N–H and O–H groups in total. The van der Waals surface area contributed by atoms with Gasteiger partial charge in [0.15, 0.2) is 0 Å². The third-order valence-electron chi connectivity index (χ3n) is 2.55. The SMILES string of the molecule is CC(CCC(C)(C)N)N(C)C(=O)OC(C)(C)C. The highest BCUT2D eigenvalue weighted by Crippen LogP contribution is 2.15. The topological polar surface area (TPSA) is 55.6 Å². The molecule has 0 saturated heterocycles. The lowest BCUT2D eigenvalue weighted by Gasteiger charge is -2.30. The molecule has 0 aromatic heterocycles. The minimum atomic E-state index is -0.446. The second-order valence-corrected chi connectivity index (χ2v) is 6.47. The average Bonchev–Trinajstić information content (AvgIpc) is 2.08. The van der Waals surface area contributed by atoms with Crippen molar-refractivity contribution in [3.63, 3.8) is 0 Å². The Kier molecular flexibility index (Phi) is 5.46. The number of hydrogen-bond donors (Lipinski definition) is 1. The Hall–Kier alpha value is -0.770. The van der Waals surface area contributed by atoms with Crippen LogP contribution >= 0.6 is 0 Å². The van der Waals surface area contributed by atoms with Crippen molar-refractivity contribution in [2.75, 3.05) is 7.05 Å². The van der Waals surface area contributed by atoms with E-state index in [-0.39, 0.29) is 17.7 Å². The van der Waals surface area contributed by atoms with E-state index < -0.39 is 5.60 Å². The average molecular weight is 244 g/mol. The maximum atomic E-state index is 11.8. The molecule has 0 spiro atoms. The molecule has 17 heavy (non-hydrogen) atoms. The van der Waals surface area contributed by atoms with E-state index in [9.17, 15) is 4.79 Å². The van der Waals surface area contributed by atoms with Crippen LogP contribution in [-0.2, 0) is 4.74 Å². The third kappa shape index (κ3) is 8.02. The molecule has 0 bridgehead atoms. The Labute approximate surface area is 105 Å². The summed E-state index contributed by atoms with van der Waals surface area (Å²) >= 11 is 0. The molecule has 0 saturated carbocycles. The van der Waals surface area contributed by atoms with E-state index in [1.165, 1.54) is 0 Å². The molecule has 0 aliphatic rings. The van der Waals surface area contributed by atoms with Gasteiger partial charge in [-0.05, 0) is 54.4 Å². The van der Waals surface area contributed by atoms with Crippen molar-refractivity contribution in [2.45, 2.75) is 71.6 Å². The van der Waals surface area contributed by atoms with E-state index in [0.29, 0.717) is 0 Å². The van der Waals surface area contributed by atoms with E-state index in [1.54, 1.807) is 11.9 Å². The summed E-state index contributed by atoms with van der Waals surface area (Å²) in [5.41, 5.74) is 5.29. The Morgan fingerprint density at radius 3 is 2.12 bits per heavy atom. The lowest BCUT2D eigenvalue weighted by molar-refractivity contribution is 0.0224. The van der Waals surface area contributed by atoms with Crippen LogP contribution in [0.3, 0.4) is 0 Å². The van der Waals surface area contributed by atoms with Gasteiger partial charge in [-0.2, -0.15) is 0 Å². The van der Waals surface area contributed by atoms with Crippen molar-refractivity contribution in [1.29, 1.82) is 0 Å². The molecule has 4 heteroatoms. The van der Waals surface area contributed by atoms with Gasteiger partial charge in [-0.25, -0.2) is 4.79 Å². The van der Waals surface area contributed by atoms with Crippen molar-refractivity contribution < 1.29 is 9.53 Å². The zero-order valence-corrected chi connectivity index (χ0v) is 12.3. The number of amides is 1.